The van der Waals surface area contributed by atoms with E-state index in [1.165, 1.54) is 0 Å². The van der Waals surface area contributed by atoms with Crippen molar-refractivity contribution in [1.82, 2.24) is 10.6 Å². The number of hydrogen-bond donors (Lipinski definition) is 3. The van der Waals surface area contributed by atoms with Crippen molar-refractivity contribution >= 4 is 0 Å². The second-order valence-corrected chi connectivity index (χ2v) is 4.11. The zero-order chi connectivity index (χ0) is 9.68. The normalized spacial score (nSPS) is 29.8. The van der Waals surface area contributed by atoms with Crippen LogP contribution in [0.5, 0.6) is 0 Å². The van der Waals surface area contributed by atoms with Crippen LogP contribution in [0.15, 0.2) is 0 Å². The molecule has 0 bridgehead atoms. The fraction of sp³-hybridized carbons (Fsp3) is 1.00. The van der Waals surface area contributed by atoms with E-state index in [2.05, 4.69) is 24.5 Å². The Labute approximate surface area is 80.9 Å². The summed E-state index contributed by atoms with van der Waals surface area (Å²) >= 11 is 0. The Morgan fingerprint density at radius 2 is 2.15 bits per heavy atom. The first-order valence-electron chi connectivity index (χ1n) is 5.34. The van der Waals surface area contributed by atoms with Crippen molar-refractivity contribution in [2.45, 2.75) is 38.8 Å². The molecule has 3 N–H and O–H groups in total. The van der Waals surface area contributed by atoms with E-state index in [9.17, 15) is 0 Å². The predicted molar refractivity (Wildman–Crippen MR) is 54.7 cm³/mol. The minimum atomic E-state index is -0.0177. The van der Waals surface area contributed by atoms with Gasteiger partial charge >= 0.3 is 0 Å². The number of aliphatic hydroxyl groups excluding tert-OH is 1. The van der Waals surface area contributed by atoms with Gasteiger partial charge in [-0.15, -0.1) is 0 Å². The van der Waals surface area contributed by atoms with Crippen LogP contribution in [-0.2, 0) is 0 Å². The molecule has 0 aliphatic heterocycles. The second-order valence-electron chi connectivity index (χ2n) is 4.11. The van der Waals surface area contributed by atoms with Gasteiger partial charge in [0.1, 0.15) is 0 Å². The number of rotatable bonds is 6. The largest absolute Gasteiger partial charge is 0.393 e. The van der Waals surface area contributed by atoms with E-state index in [-0.39, 0.29) is 6.10 Å². The summed E-state index contributed by atoms with van der Waals surface area (Å²) in [5, 5.41) is 15.9. The molecule has 3 heteroatoms. The molecule has 1 fully saturated rings. The summed E-state index contributed by atoms with van der Waals surface area (Å²) in [6.45, 7) is 7.44. The molecule has 0 aromatic rings. The molecule has 1 unspecified atom stereocenters. The van der Waals surface area contributed by atoms with Crippen LogP contribution in [0.1, 0.15) is 26.7 Å². The molecule has 1 saturated carbocycles. The van der Waals surface area contributed by atoms with Gasteiger partial charge in [-0.2, -0.15) is 0 Å². The van der Waals surface area contributed by atoms with E-state index in [4.69, 9.17) is 5.11 Å². The van der Waals surface area contributed by atoms with E-state index in [1.54, 1.807) is 0 Å². The van der Waals surface area contributed by atoms with Gasteiger partial charge in [-0.05, 0) is 38.8 Å². The Kier molecular flexibility index (Phi) is 4.70. The number of likely N-dealkylation sites (N-methyl/N-ethyl adjacent to an activating group) is 1. The molecule has 0 radical (unpaired) electrons. The second kappa shape index (κ2) is 5.58. The fourth-order valence-corrected chi connectivity index (χ4v) is 1.67. The average molecular weight is 186 g/mol. The summed E-state index contributed by atoms with van der Waals surface area (Å²) in [6.07, 6.45) is 1.96. The number of hydrogen-bond acceptors (Lipinski definition) is 3. The maximum atomic E-state index is 9.08. The maximum absolute atomic E-state index is 9.08. The van der Waals surface area contributed by atoms with Gasteiger partial charge in [0.15, 0.2) is 0 Å². The SMILES string of the molecule is CCNCC(C)NCC1CC(O)C1. The average Bonchev–Trinajstić information content (AvgIpc) is 2.07. The Bertz CT molecular complexity index is 135. The molecule has 13 heavy (non-hydrogen) atoms. The third kappa shape index (κ3) is 4.07. The highest BCUT2D eigenvalue weighted by Crippen LogP contribution is 2.26. The monoisotopic (exact) mass is 186 g/mol. The van der Waals surface area contributed by atoms with Crippen LogP contribution in [0.2, 0.25) is 0 Å². The van der Waals surface area contributed by atoms with Crippen LogP contribution in [0.25, 0.3) is 0 Å². The highest BCUT2D eigenvalue weighted by Gasteiger charge is 2.26. The van der Waals surface area contributed by atoms with Crippen molar-refractivity contribution in [3.05, 3.63) is 0 Å². The smallest absolute Gasteiger partial charge is 0.0546 e. The van der Waals surface area contributed by atoms with Crippen LogP contribution in [0.4, 0.5) is 0 Å². The quantitative estimate of drug-likeness (QED) is 0.560. The zero-order valence-electron chi connectivity index (χ0n) is 8.71. The summed E-state index contributed by atoms with van der Waals surface area (Å²) < 4.78 is 0. The Hall–Kier alpha value is -0.120. The molecule has 0 amide bonds. The van der Waals surface area contributed by atoms with Crippen molar-refractivity contribution in [2.75, 3.05) is 19.6 Å². The number of nitrogens with one attached hydrogen (secondary N) is 2. The van der Waals surface area contributed by atoms with Gasteiger partial charge in [0.2, 0.25) is 0 Å². The lowest BCUT2D eigenvalue weighted by Gasteiger charge is -2.32. The molecule has 0 aromatic heterocycles. The first-order valence-corrected chi connectivity index (χ1v) is 5.34. The van der Waals surface area contributed by atoms with Crippen molar-refractivity contribution < 1.29 is 5.11 Å². The van der Waals surface area contributed by atoms with Crippen molar-refractivity contribution in [3.8, 4) is 0 Å². The third-order valence-electron chi connectivity index (χ3n) is 2.67. The first kappa shape index (κ1) is 11.0. The minimum absolute atomic E-state index is 0.0177. The first-order chi connectivity index (χ1) is 6.22. The Balaban J connectivity index is 1.92. The highest BCUT2D eigenvalue weighted by atomic mass is 16.3. The molecule has 1 aliphatic carbocycles. The van der Waals surface area contributed by atoms with Gasteiger partial charge in [0.05, 0.1) is 6.10 Å². The van der Waals surface area contributed by atoms with E-state index in [1.807, 2.05) is 0 Å². The lowest BCUT2D eigenvalue weighted by Crippen LogP contribution is -2.42. The molecule has 0 spiro atoms. The fourth-order valence-electron chi connectivity index (χ4n) is 1.67. The summed E-state index contributed by atoms with van der Waals surface area (Å²) in [6, 6.07) is 0.540. The summed E-state index contributed by atoms with van der Waals surface area (Å²) in [5.74, 6) is 0.707. The summed E-state index contributed by atoms with van der Waals surface area (Å²) in [5.41, 5.74) is 0. The maximum Gasteiger partial charge on any atom is 0.0546 e. The van der Waals surface area contributed by atoms with Gasteiger partial charge in [-0.3, -0.25) is 0 Å². The van der Waals surface area contributed by atoms with E-state index < -0.39 is 0 Å². The topological polar surface area (TPSA) is 44.3 Å². The van der Waals surface area contributed by atoms with Crippen molar-refractivity contribution in [2.24, 2.45) is 5.92 Å². The van der Waals surface area contributed by atoms with Gasteiger partial charge in [0.25, 0.3) is 0 Å². The minimum Gasteiger partial charge on any atom is -0.393 e. The molecule has 3 nitrogen and oxygen atoms in total. The lowest BCUT2D eigenvalue weighted by atomic mass is 9.82. The van der Waals surface area contributed by atoms with Gasteiger partial charge in [-0.25, -0.2) is 0 Å². The molecule has 0 heterocycles. The van der Waals surface area contributed by atoms with Crippen LogP contribution in [-0.4, -0.2) is 36.9 Å². The third-order valence-corrected chi connectivity index (χ3v) is 2.67. The van der Waals surface area contributed by atoms with Gasteiger partial charge in [-0.1, -0.05) is 6.92 Å². The van der Waals surface area contributed by atoms with E-state index in [0.717, 1.165) is 32.5 Å². The van der Waals surface area contributed by atoms with Gasteiger partial charge < -0.3 is 15.7 Å². The molecular formula is C10H22N2O. The molecule has 1 rings (SSSR count). The lowest BCUT2D eigenvalue weighted by molar-refractivity contribution is 0.0421. The van der Waals surface area contributed by atoms with Gasteiger partial charge in [0, 0.05) is 12.6 Å². The Morgan fingerprint density at radius 3 is 2.69 bits per heavy atom. The van der Waals surface area contributed by atoms with Crippen LogP contribution in [0.3, 0.4) is 0 Å². The standard InChI is InChI=1S/C10H22N2O/c1-3-11-6-8(2)12-7-9-4-10(13)5-9/h8-13H,3-7H2,1-2H3. The summed E-state index contributed by atoms with van der Waals surface area (Å²) in [7, 11) is 0. The number of aliphatic hydroxyl groups is 1. The van der Waals surface area contributed by atoms with Crippen LogP contribution in [0, 0.1) is 5.92 Å². The van der Waals surface area contributed by atoms with Crippen molar-refractivity contribution in [1.29, 1.82) is 0 Å². The van der Waals surface area contributed by atoms with E-state index >= 15 is 0 Å². The molecule has 1 aliphatic rings. The van der Waals surface area contributed by atoms with E-state index in [0.29, 0.717) is 12.0 Å². The molecule has 1 atom stereocenters. The zero-order valence-corrected chi connectivity index (χ0v) is 8.71. The highest BCUT2D eigenvalue weighted by molar-refractivity contribution is 4.81. The molecular weight excluding hydrogens is 164 g/mol. The van der Waals surface area contributed by atoms with Crippen LogP contribution >= 0.6 is 0 Å². The Morgan fingerprint density at radius 1 is 1.46 bits per heavy atom. The molecule has 78 valence electrons. The predicted octanol–water partition coefficient (Wildman–Crippen LogP) is 0.345. The molecule has 0 aromatic carbocycles. The van der Waals surface area contributed by atoms with Crippen molar-refractivity contribution in [3.63, 3.8) is 0 Å². The van der Waals surface area contributed by atoms with Crippen LogP contribution < -0.4 is 10.6 Å². The molecule has 0 saturated heterocycles. The summed E-state index contributed by atoms with van der Waals surface area (Å²) in [4.78, 5) is 0.